The molecule has 2 aromatic rings. The van der Waals surface area contributed by atoms with Gasteiger partial charge in [0, 0.05) is 22.2 Å². The monoisotopic (exact) mass is 379 g/mol. The van der Waals surface area contributed by atoms with Crippen LogP contribution in [0.2, 0.25) is 5.02 Å². The first-order chi connectivity index (χ1) is 12.3. The number of benzene rings is 1. The van der Waals surface area contributed by atoms with E-state index in [1.54, 1.807) is 40.0 Å². The molecule has 0 saturated carbocycles. The van der Waals surface area contributed by atoms with Crippen LogP contribution in [0, 0.1) is 0 Å². The second-order valence-corrected chi connectivity index (χ2v) is 6.59. The molecule has 0 aliphatic heterocycles. The molecule has 0 aliphatic carbocycles. The maximum atomic E-state index is 12.4. The molecule has 1 heterocycles. The first kappa shape index (κ1) is 19.8. The van der Waals surface area contributed by atoms with Gasteiger partial charge >= 0.3 is 12.2 Å². The van der Waals surface area contributed by atoms with Crippen LogP contribution in [0.3, 0.4) is 0 Å². The molecule has 0 aliphatic rings. The number of fused-ring (bicyclic) bond motifs is 1. The predicted molar refractivity (Wildman–Crippen MR) is 98.7 cm³/mol. The molecule has 0 unspecified atom stereocenters. The minimum Gasteiger partial charge on any atom is -0.446 e. The van der Waals surface area contributed by atoms with Crippen molar-refractivity contribution in [2.45, 2.75) is 46.4 Å². The van der Waals surface area contributed by atoms with Gasteiger partial charge in [-0.05, 0) is 39.8 Å². The summed E-state index contributed by atoms with van der Waals surface area (Å²) in [5.41, 5.74) is 3.64. The highest BCUT2D eigenvalue weighted by Gasteiger charge is 2.23. The number of hydrazine groups is 1. The van der Waals surface area contributed by atoms with Crippen molar-refractivity contribution in [2.24, 2.45) is 0 Å². The van der Waals surface area contributed by atoms with E-state index < -0.39 is 12.2 Å². The number of hydrogen-bond donors (Lipinski definition) is 1. The van der Waals surface area contributed by atoms with E-state index in [4.69, 9.17) is 21.1 Å². The minimum atomic E-state index is -0.759. The lowest BCUT2D eigenvalue weighted by molar-refractivity contribution is 0.0445. The number of carbonyl (C=O) groups is 2. The lowest BCUT2D eigenvalue weighted by atomic mass is 10.1. The molecule has 1 aromatic heterocycles. The maximum Gasteiger partial charge on any atom is 0.429 e. The van der Waals surface area contributed by atoms with E-state index in [0.29, 0.717) is 16.1 Å². The van der Waals surface area contributed by atoms with Crippen molar-refractivity contribution in [3.05, 3.63) is 41.0 Å². The van der Waals surface area contributed by atoms with Crippen LogP contribution >= 0.6 is 11.6 Å². The summed E-state index contributed by atoms with van der Waals surface area (Å²) in [7, 11) is 0. The molecule has 0 radical (unpaired) electrons. The third-order valence-electron chi connectivity index (χ3n) is 3.26. The summed E-state index contributed by atoms with van der Waals surface area (Å²) in [6.07, 6.45) is -0.524. The Bertz CT molecular complexity index is 795. The zero-order valence-electron chi connectivity index (χ0n) is 15.2. The first-order valence-corrected chi connectivity index (χ1v) is 8.63. The average molecular weight is 380 g/mol. The fourth-order valence-corrected chi connectivity index (χ4v) is 2.47. The van der Waals surface area contributed by atoms with E-state index in [2.05, 4.69) is 10.4 Å². The van der Waals surface area contributed by atoms with Crippen LogP contribution in [0.25, 0.3) is 10.9 Å². The quantitative estimate of drug-likeness (QED) is 0.801. The van der Waals surface area contributed by atoms with Gasteiger partial charge in [-0.25, -0.2) is 20.0 Å². The van der Waals surface area contributed by atoms with Crippen molar-refractivity contribution >= 4 is 34.7 Å². The second-order valence-electron chi connectivity index (χ2n) is 6.19. The van der Waals surface area contributed by atoms with Crippen molar-refractivity contribution < 1.29 is 19.1 Å². The molecule has 1 N–H and O–H groups in total. The van der Waals surface area contributed by atoms with Gasteiger partial charge in [0.05, 0.1) is 24.3 Å². The minimum absolute atomic E-state index is 0.0219. The number of rotatable bonds is 4. The third kappa shape index (κ3) is 5.23. The number of aromatic nitrogens is 1. The van der Waals surface area contributed by atoms with Crippen LogP contribution in [-0.4, -0.2) is 34.4 Å². The molecule has 1 aromatic carbocycles. The van der Waals surface area contributed by atoms with E-state index in [9.17, 15) is 9.59 Å². The summed E-state index contributed by atoms with van der Waals surface area (Å²) < 4.78 is 10.2. The number of carbonyl (C=O) groups excluding carboxylic acids is 2. The van der Waals surface area contributed by atoms with Gasteiger partial charge in [0.1, 0.15) is 0 Å². The van der Waals surface area contributed by atoms with Gasteiger partial charge in [-0.1, -0.05) is 23.7 Å². The fraction of sp³-hybridized carbons (Fsp3) is 0.389. The zero-order valence-corrected chi connectivity index (χ0v) is 15.9. The Kier molecular flexibility index (Phi) is 6.63. The van der Waals surface area contributed by atoms with E-state index in [1.165, 1.54) is 0 Å². The number of amides is 2. The van der Waals surface area contributed by atoms with Crippen molar-refractivity contribution in [1.29, 1.82) is 0 Å². The van der Waals surface area contributed by atoms with Crippen LogP contribution in [0.4, 0.5) is 9.59 Å². The highest BCUT2D eigenvalue weighted by molar-refractivity contribution is 6.32. The Labute approximate surface area is 157 Å². The molecule has 0 fully saturated rings. The van der Waals surface area contributed by atoms with Crippen LogP contribution in [0.15, 0.2) is 30.5 Å². The zero-order chi connectivity index (χ0) is 19.3. The maximum absolute atomic E-state index is 12.4. The molecule has 2 amide bonds. The smallest absolute Gasteiger partial charge is 0.429 e. The second kappa shape index (κ2) is 8.71. The van der Waals surface area contributed by atoms with Gasteiger partial charge < -0.3 is 9.47 Å². The first-order valence-electron chi connectivity index (χ1n) is 8.25. The molecular weight excluding hydrogens is 358 g/mol. The lowest BCUT2D eigenvalue weighted by Crippen LogP contribution is -2.47. The number of nitrogens with zero attached hydrogens (tertiary/aromatic N) is 2. The van der Waals surface area contributed by atoms with Crippen molar-refractivity contribution in [1.82, 2.24) is 15.4 Å². The molecule has 26 heavy (non-hydrogen) atoms. The van der Waals surface area contributed by atoms with Gasteiger partial charge in [0.25, 0.3) is 0 Å². The highest BCUT2D eigenvalue weighted by Crippen LogP contribution is 2.25. The Hall–Kier alpha value is -2.54. The predicted octanol–water partition coefficient (Wildman–Crippen LogP) is 4.28. The number of halogens is 1. The normalized spacial score (nSPS) is 10.9. The molecule has 8 heteroatoms. The number of hydrogen-bond acceptors (Lipinski definition) is 5. The summed E-state index contributed by atoms with van der Waals surface area (Å²) in [4.78, 5) is 28.7. The lowest BCUT2D eigenvalue weighted by Gasteiger charge is -2.24. The summed E-state index contributed by atoms with van der Waals surface area (Å²) >= 11 is 6.32. The Morgan fingerprint density at radius 2 is 1.85 bits per heavy atom. The Morgan fingerprint density at radius 1 is 1.15 bits per heavy atom. The molecule has 0 saturated heterocycles. The number of nitrogens with one attached hydrogen (secondary N) is 1. The SMILES string of the molecule is CC(C)OC(=O)NN(Cc1c(Cl)ccc2cccnc12)C(=O)OC(C)C. The molecule has 0 atom stereocenters. The summed E-state index contributed by atoms with van der Waals surface area (Å²) in [5, 5.41) is 2.33. The Morgan fingerprint density at radius 3 is 2.50 bits per heavy atom. The van der Waals surface area contributed by atoms with E-state index >= 15 is 0 Å². The summed E-state index contributed by atoms with van der Waals surface area (Å²) in [5.74, 6) is 0. The van der Waals surface area contributed by atoms with E-state index in [1.807, 2.05) is 18.2 Å². The van der Waals surface area contributed by atoms with Gasteiger partial charge in [0.15, 0.2) is 0 Å². The molecule has 0 spiro atoms. The third-order valence-corrected chi connectivity index (χ3v) is 3.62. The van der Waals surface area contributed by atoms with E-state index in [0.717, 1.165) is 10.4 Å². The van der Waals surface area contributed by atoms with Crippen LogP contribution in [0.1, 0.15) is 33.3 Å². The van der Waals surface area contributed by atoms with Gasteiger partial charge in [-0.15, -0.1) is 0 Å². The van der Waals surface area contributed by atoms with Crippen LogP contribution in [0.5, 0.6) is 0 Å². The van der Waals surface area contributed by atoms with Crippen LogP contribution in [-0.2, 0) is 16.0 Å². The van der Waals surface area contributed by atoms with Crippen molar-refractivity contribution in [3.8, 4) is 0 Å². The fourth-order valence-electron chi connectivity index (χ4n) is 2.26. The molecule has 0 bridgehead atoms. The van der Waals surface area contributed by atoms with E-state index in [-0.39, 0.29) is 18.8 Å². The molecule has 7 nitrogen and oxygen atoms in total. The Balaban J connectivity index is 2.32. The number of pyridine rings is 1. The van der Waals surface area contributed by atoms with Gasteiger partial charge in [0.2, 0.25) is 0 Å². The highest BCUT2D eigenvalue weighted by atomic mass is 35.5. The molecule has 140 valence electrons. The number of ether oxygens (including phenoxy) is 2. The van der Waals surface area contributed by atoms with Crippen molar-refractivity contribution in [3.63, 3.8) is 0 Å². The topological polar surface area (TPSA) is 80.8 Å². The largest absolute Gasteiger partial charge is 0.446 e. The van der Waals surface area contributed by atoms with Gasteiger partial charge in [-0.3, -0.25) is 4.98 Å². The molecule has 2 rings (SSSR count). The summed E-state index contributed by atoms with van der Waals surface area (Å²) in [6, 6.07) is 7.26. The summed E-state index contributed by atoms with van der Waals surface area (Å²) in [6.45, 7) is 6.83. The van der Waals surface area contributed by atoms with Crippen molar-refractivity contribution in [2.75, 3.05) is 0 Å². The van der Waals surface area contributed by atoms with Gasteiger partial charge in [-0.2, -0.15) is 0 Å². The molecular formula is C18H22ClN3O4. The average Bonchev–Trinajstić information content (AvgIpc) is 2.55. The standard InChI is InChI=1S/C18H22ClN3O4/c1-11(2)25-17(23)21-22(18(24)26-12(3)4)10-14-15(19)8-7-13-6-5-9-20-16(13)14/h5-9,11-12H,10H2,1-4H3,(H,21,23). The van der Waals surface area contributed by atoms with Crippen LogP contribution < -0.4 is 5.43 Å².